The van der Waals surface area contributed by atoms with Gasteiger partial charge in [0.15, 0.2) is 0 Å². The molecule has 18 heavy (non-hydrogen) atoms. The third-order valence-electron chi connectivity index (χ3n) is 2.37. The summed E-state index contributed by atoms with van der Waals surface area (Å²) in [5.41, 5.74) is 1.43. The number of methoxy groups -OCH3 is 2. The molecule has 0 N–H and O–H groups in total. The molecule has 0 aliphatic heterocycles. The van der Waals surface area contributed by atoms with E-state index in [-0.39, 0.29) is 0 Å². The monoisotopic (exact) mass is 328 g/mol. The maximum Gasteiger partial charge on any atom is 0.148 e. The van der Waals surface area contributed by atoms with Crippen molar-refractivity contribution in [2.45, 2.75) is 0 Å². The molecule has 1 heterocycles. The minimum Gasteiger partial charge on any atom is -0.495 e. The van der Waals surface area contributed by atoms with Gasteiger partial charge in [-0.1, -0.05) is 11.6 Å². The second-order valence-corrected chi connectivity index (χ2v) is 4.57. The lowest BCUT2D eigenvalue weighted by molar-refractivity contribution is 0.390. The molecule has 0 saturated carbocycles. The molecule has 1 aromatic heterocycles. The Morgan fingerprint density at radius 2 is 1.94 bits per heavy atom. The number of hydrogen-bond donors (Lipinski definition) is 0. The van der Waals surface area contributed by atoms with Gasteiger partial charge in [-0.25, -0.2) is 4.98 Å². The van der Waals surface area contributed by atoms with E-state index in [2.05, 4.69) is 25.9 Å². The van der Waals surface area contributed by atoms with Gasteiger partial charge in [-0.15, -0.1) is 0 Å². The highest BCUT2D eigenvalue weighted by atomic mass is 79.9. The van der Waals surface area contributed by atoms with Crippen molar-refractivity contribution in [1.82, 2.24) is 9.97 Å². The summed E-state index contributed by atoms with van der Waals surface area (Å²) in [7, 11) is 3.18. The van der Waals surface area contributed by atoms with E-state index in [1.807, 2.05) is 12.1 Å². The molecule has 0 unspecified atom stereocenters. The van der Waals surface area contributed by atoms with Crippen LogP contribution < -0.4 is 9.47 Å². The smallest absolute Gasteiger partial charge is 0.148 e. The van der Waals surface area contributed by atoms with Crippen LogP contribution in [0.15, 0.2) is 29.0 Å². The maximum atomic E-state index is 5.84. The maximum absolute atomic E-state index is 5.84. The van der Waals surface area contributed by atoms with Crippen molar-refractivity contribution < 1.29 is 9.47 Å². The summed E-state index contributed by atoms with van der Waals surface area (Å²) in [6.07, 6.45) is 3.11. The zero-order valence-electron chi connectivity index (χ0n) is 9.78. The molecule has 4 nitrogen and oxygen atoms in total. The van der Waals surface area contributed by atoms with Gasteiger partial charge in [0, 0.05) is 5.56 Å². The first kappa shape index (κ1) is 13.1. The zero-order chi connectivity index (χ0) is 13.1. The van der Waals surface area contributed by atoms with Crippen molar-refractivity contribution >= 4 is 27.5 Å². The van der Waals surface area contributed by atoms with Gasteiger partial charge in [0.2, 0.25) is 0 Å². The number of hydrogen-bond acceptors (Lipinski definition) is 4. The second kappa shape index (κ2) is 5.54. The van der Waals surface area contributed by atoms with Crippen LogP contribution in [0.25, 0.3) is 11.3 Å². The predicted octanol–water partition coefficient (Wildman–Crippen LogP) is 3.58. The first-order chi connectivity index (χ1) is 8.67. The van der Waals surface area contributed by atoms with E-state index in [4.69, 9.17) is 21.1 Å². The molecule has 0 radical (unpaired) electrons. The molecule has 0 saturated heterocycles. The summed E-state index contributed by atoms with van der Waals surface area (Å²) in [5, 5.41) is 0.335. The summed E-state index contributed by atoms with van der Waals surface area (Å²) >= 11 is 9.27. The van der Waals surface area contributed by atoms with Crippen LogP contribution in [0, 0.1) is 0 Å². The van der Waals surface area contributed by atoms with E-state index in [9.17, 15) is 0 Å². The summed E-state index contributed by atoms with van der Waals surface area (Å²) < 4.78 is 11.3. The van der Waals surface area contributed by atoms with Gasteiger partial charge in [0.05, 0.1) is 32.3 Å². The standard InChI is InChI=1S/C12H10BrClN2O2/c1-17-9-4-3-7(12(18-2)11(9)13)8-5-15-6-10(14)16-8/h3-6H,1-2H3. The fraction of sp³-hybridized carbons (Fsp3) is 0.167. The van der Waals surface area contributed by atoms with Crippen molar-refractivity contribution in [2.75, 3.05) is 14.2 Å². The van der Waals surface area contributed by atoms with Gasteiger partial charge < -0.3 is 9.47 Å². The van der Waals surface area contributed by atoms with Crippen molar-refractivity contribution in [1.29, 1.82) is 0 Å². The van der Waals surface area contributed by atoms with Crippen LogP contribution >= 0.6 is 27.5 Å². The highest BCUT2D eigenvalue weighted by Gasteiger charge is 2.15. The van der Waals surface area contributed by atoms with Gasteiger partial charge in [0.1, 0.15) is 21.1 Å². The van der Waals surface area contributed by atoms with Crippen LogP contribution in [0.3, 0.4) is 0 Å². The molecule has 1 aromatic carbocycles. The lowest BCUT2D eigenvalue weighted by Crippen LogP contribution is -1.94. The number of ether oxygens (including phenoxy) is 2. The van der Waals surface area contributed by atoms with E-state index in [1.54, 1.807) is 20.4 Å². The molecule has 0 aliphatic carbocycles. The molecule has 2 aromatic rings. The summed E-state index contributed by atoms with van der Waals surface area (Å²) in [6.45, 7) is 0. The van der Waals surface area contributed by atoms with Gasteiger partial charge >= 0.3 is 0 Å². The minimum absolute atomic E-state index is 0.335. The molecule has 2 rings (SSSR count). The first-order valence-corrected chi connectivity index (χ1v) is 6.23. The molecule has 0 atom stereocenters. The van der Waals surface area contributed by atoms with Gasteiger partial charge in [-0.05, 0) is 28.1 Å². The molecule has 0 fully saturated rings. The van der Waals surface area contributed by atoms with E-state index in [0.717, 1.165) is 10.0 Å². The van der Waals surface area contributed by atoms with Crippen LogP contribution in [0.5, 0.6) is 11.5 Å². The highest BCUT2D eigenvalue weighted by molar-refractivity contribution is 9.10. The van der Waals surface area contributed by atoms with Crippen molar-refractivity contribution in [3.8, 4) is 22.8 Å². The molecule has 94 valence electrons. The van der Waals surface area contributed by atoms with E-state index >= 15 is 0 Å². The van der Waals surface area contributed by atoms with Crippen molar-refractivity contribution in [2.24, 2.45) is 0 Å². The topological polar surface area (TPSA) is 44.2 Å². The average molecular weight is 330 g/mol. The fourth-order valence-electron chi connectivity index (χ4n) is 1.57. The Kier molecular flexibility index (Phi) is 4.04. The molecule has 0 bridgehead atoms. The van der Waals surface area contributed by atoms with Crippen molar-refractivity contribution in [3.63, 3.8) is 0 Å². The lowest BCUT2D eigenvalue weighted by Gasteiger charge is -2.12. The molecule has 0 amide bonds. The van der Waals surface area contributed by atoms with Crippen LogP contribution in [0.1, 0.15) is 0 Å². The van der Waals surface area contributed by atoms with Crippen LogP contribution in [0.4, 0.5) is 0 Å². The number of aromatic nitrogens is 2. The summed E-state index contributed by atoms with van der Waals surface area (Å²) in [4.78, 5) is 8.22. The number of benzene rings is 1. The predicted molar refractivity (Wildman–Crippen MR) is 73.3 cm³/mol. The normalized spacial score (nSPS) is 10.2. The minimum atomic E-state index is 0.335. The number of nitrogens with zero attached hydrogens (tertiary/aromatic N) is 2. The second-order valence-electron chi connectivity index (χ2n) is 3.39. The van der Waals surface area contributed by atoms with Crippen LogP contribution in [-0.2, 0) is 0 Å². The first-order valence-electron chi connectivity index (χ1n) is 5.05. The largest absolute Gasteiger partial charge is 0.495 e. The Labute approximate surface area is 118 Å². The number of rotatable bonds is 3. The van der Waals surface area contributed by atoms with Crippen molar-refractivity contribution in [3.05, 3.63) is 34.2 Å². The summed E-state index contributed by atoms with van der Waals surface area (Å²) in [5.74, 6) is 1.32. The highest BCUT2D eigenvalue weighted by Crippen LogP contribution is 2.41. The third-order valence-corrected chi connectivity index (χ3v) is 3.30. The lowest BCUT2D eigenvalue weighted by atomic mass is 10.1. The molecule has 6 heteroatoms. The Bertz CT molecular complexity index is 578. The van der Waals surface area contributed by atoms with Gasteiger partial charge in [-0.2, -0.15) is 0 Å². The average Bonchev–Trinajstić information content (AvgIpc) is 2.38. The Morgan fingerprint density at radius 3 is 2.56 bits per heavy atom. The molecule has 0 aliphatic rings. The SMILES string of the molecule is COc1ccc(-c2cncc(Cl)n2)c(OC)c1Br. The zero-order valence-corrected chi connectivity index (χ0v) is 12.1. The van der Waals surface area contributed by atoms with E-state index in [0.29, 0.717) is 22.3 Å². The Hall–Kier alpha value is -1.33. The summed E-state index contributed by atoms with van der Waals surface area (Å²) in [6, 6.07) is 3.67. The molecular formula is C12H10BrClN2O2. The number of halogens is 2. The van der Waals surface area contributed by atoms with Crippen LogP contribution in [-0.4, -0.2) is 24.2 Å². The van der Waals surface area contributed by atoms with E-state index in [1.165, 1.54) is 6.20 Å². The quantitative estimate of drug-likeness (QED) is 0.863. The van der Waals surface area contributed by atoms with Gasteiger partial charge in [0.25, 0.3) is 0 Å². The third kappa shape index (κ3) is 2.42. The Morgan fingerprint density at radius 1 is 1.17 bits per heavy atom. The fourth-order valence-corrected chi connectivity index (χ4v) is 2.39. The van der Waals surface area contributed by atoms with Gasteiger partial charge in [-0.3, -0.25) is 4.98 Å². The van der Waals surface area contributed by atoms with Crippen LogP contribution in [0.2, 0.25) is 5.15 Å². The van der Waals surface area contributed by atoms with E-state index < -0.39 is 0 Å². The molecular weight excluding hydrogens is 320 g/mol. The molecule has 0 spiro atoms. The Balaban J connectivity index is 2.61.